The number of alkyl halides is 3. The molecule has 0 aliphatic carbocycles. The highest BCUT2D eigenvalue weighted by Gasteiger charge is 2.39. The number of nitrogens with zero attached hydrogens (tertiary/aromatic N) is 2. The van der Waals surface area contributed by atoms with Crippen molar-refractivity contribution in [3.8, 4) is 0 Å². The van der Waals surface area contributed by atoms with Crippen molar-refractivity contribution in [3.05, 3.63) is 11.7 Å². The van der Waals surface area contributed by atoms with Crippen LogP contribution >= 0.6 is 0 Å². The van der Waals surface area contributed by atoms with Crippen molar-refractivity contribution < 1.29 is 27.2 Å². The van der Waals surface area contributed by atoms with Gasteiger partial charge in [0.05, 0.1) is 6.42 Å². The van der Waals surface area contributed by atoms with Gasteiger partial charge in [-0.3, -0.25) is 4.79 Å². The minimum atomic E-state index is -4.90. The van der Waals surface area contributed by atoms with Gasteiger partial charge < -0.3 is 9.26 Å². The molecule has 0 bridgehead atoms. The van der Waals surface area contributed by atoms with Crippen LogP contribution in [0.1, 0.15) is 32.5 Å². The molecule has 0 fully saturated rings. The third-order valence-electron chi connectivity index (χ3n) is 2.14. The first-order chi connectivity index (χ1) is 8.16. The maximum Gasteiger partial charge on any atom is 0.450 e. The Morgan fingerprint density at radius 3 is 2.50 bits per heavy atom. The van der Waals surface area contributed by atoms with E-state index in [0.717, 1.165) is 0 Å². The average Bonchev–Trinajstić information content (AvgIpc) is 2.65. The molecule has 102 valence electrons. The minimum Gasteiger partial charge on any atom is -0.368 e. The van der Waals surface area contributed by atoms with Crippen LogP contribution in [-0.2, 0) is 21.6 Å². The molecule has 0 aliphatic heterocycles. The quantitative estimate of drug-likeness (QED) is 0.815. The summed E-state index contributed by atoms with van der Waals surface area (Å²) in [7, 11) is 0. The Labute approximate surface area is 101 Å². The van der Waals surface area contributed by atoms with Gasteiger partial charge in [0, 0.05) is 6.61 Å². The number of hydrogen-bond donors (Lipinski definition) is 0. The molecule has 0 atom stereocenters. The van der Waals surface area contributed by atoms with Crippen molar-refractivity contribution in [2.45, 2.75) is 39.0 Å². The fraction of sp³-hybridized carbons (Fsp3) is 0.700. The van der Waals surface area contributed by atoms with Crippen molar-refractivity contribution >= 4 is 5.78 Å². The smallest absolute Gasteiger partial charge is 0.368 e. The fourth-order valence-corrected chi connectivity index (χ4v) is 1.23. The summed E-state index contributed by atoms with van der Waals surface area (Å²) < 4.78 is 46.0. The molecular weight excluding hydrogens is 253 g/mol. The van der Waals surface area contributed by atoms with E-state index in [-0.39, 0.29) is 11.7 Å². The Bertz CT molecular complexity index is 426. The van der Waals surface area contributed by atoms with E-state index in [9.17, 15) is 18.0 Å². The second-order valence-corrected chi connectivity index (χ2v) is 4.05. The van der Waals surface area contributed by atoms with Crippen LogP contribution in [0, 0.1) is 0 Å². The number of ether oxygens (including phenoxy) is 1. The zero-order chi connectivity index (χ0) is 14.0. The van der Waals surface area contributed by atoms with E-state index in [0.29, 0.717) is 6.61 Å². The fourth-order valence-electron chi connectivity index (χ4n) is 1.23. The first-order valence-electron chi connectivity index (χ1n) is 5.24. The first-order valence-corrected chi connectivity index (χ1v) is 5.24. The molecule has 0 aromatic carbocycles. The standard InChI is InChI=1S/C10H13F3N2O3/c1-4-17-9(2,3)8-14-7(18-15-8)5-6(16)10(11,12)13/h4-5H2,1-3H3. The largest absolute Gasteiger partial charge is 0.450 e. The normalized spacial score (nSPS) is 12.8. The van der Waals surface area contributed by atoms with E-state index in [4.69, 9.17) is 4.74 Å². The Kier molecular flexibility index (Phi) is 4.10. The number of carbonyl (C=O) groups is 1. The van der Waals surface area contributed by atoms with Gasteiger partial charge in [-0.05, 0) is 20.8 Å². The molecule has 0 spiro atoms. The van der Waals surface area contributed by atoms with Crippen LogP contribution < -0.4 is 0 Å². The summed E-state index contributed by atoms with van der Waals surface area (Å²) in [6, 6.07) is 0. The van der Waals surface area contributed by atoms with Crippen LogP contribution in [0.15, 0.2) is 4.52 Å². The zero-order valence-corrected chi connectivity index (χ0v) is 10.2. The minimum absolute atomic E-state index is 0.106. The highest BCUT2D eigenvalue weighted by Crippen LogP contribution is 2.23. The molecule has 1 aromatic heterocycles. The van der Waals surface area contributed by atoms with E-state index >= 15 is 0 Å². The van der Waals surface area contributed by atoms with Crippen LogP contribution in [0.2, 0.25) is 0 Å². The van der Waals surface area contributed by atoms with Crippen LogP contribution in [-0.4, -0.2) is 28.7 Å². The van der Waals surface area contributed by atoms with Crippen LogP contribution in [0.25, 0.3) is 0 Å². The second-order valence-electron chi connectivity index (χ2n) is 4.05. The third kappa shape index (κ3) is 3.52. The van der Waals surface area contributed by atoms with Gasteiger partial charge in [-0.1, -0.05) is 5.16 Å². The number of ketones is 1. The van der Waals surface area contributed by atoms with Crippen molar-refractivity contribution in [3.63, 3.8) is 0 Å². The van der Waals surface area contributed by atoms with Gasteiger partial charge in [-0.25, -0.2) is 0 Å². The Hall–Kier alpha value is -1.44. The summed E-state index contributed by atoms with van der Waals surface area (Å²) in [4.78, 5) is 14.5. The van der Waals surface area contributed by atoms with E-state index in [1.54, 1.807) is 20.8 Å². The number of rotatable bonds is 5. The topological polar surface area (TPSA) is 65.2 Å². The molecule has 0 saturated heterocycles. The molecule has 0 unspecified atom stereocenters. The highest BCUT2D eigenvalue weighted by molar-refractivity contribution is 5.85. The molecule has 0 saturated carbocycles. The average molecular weight is 266 g/mol. The Balaban J connectivity index is 2.79. The van der Waals surface area contributed by atoms with Gasteiger partial charge >= 0.3 is 6.18 Å². The van der Waals surface area contributed by atoms with Gasteiger partial charge in [-0.2, -0.15) is 18.2 Å². The van der Waals surface area contributed by atoms with Crippen molar-refractivity contribution in [2.24, 2.45) is 0 Å². The SMILES string of the molecule is CCOC(C)(C)c1noc(CC(=O)C(F)(F)F)n1. The lowest BCUT2D eigenvalue weighted by atomic mass is 10.1. The summed E-state index contributed by atoms with van der Waals surface area (Å²) in [6.45, 7) is 5.45. The number of hydrogen-bond acceptors (Lipinski definition) is 5. The highest BCUT2D eigenvalue weighted by atomic mass is 19.4. The lowest BCUT2D eigenvalue weighted by Crippen LogP contribution is -2.25. The lowest BCUT2D eigenvalue weighted by Gasteiger charge is -2.19. The maximum absolute atomic E-state index is 12.0. The molecule has 1 heterocycles. The molecule has 5 nitrogen and oxygen atoms in total. The molecule has 18 heavy (non-hydrogen) atoms. The van der Waals surface area contributed by atoms with Crippen molar-refractivity contribution in [2.75, 3.05) is 6.61 Å². The molecule has 0 aliphatic rings. The van der Waals surface area contributed by atoms with Gasteiger partial charge in [0.25, 0.3) is 0 Å². The number of carbonyl (C=O) groups excluding carboxylic acids is 1. The summed E-state index contributed by atoms with van der Waals surface area (Å²) in [5, 5.41) is 3.51. The Morgan fingerprint density at radius 1 is 1.39 bits per heavy atom. The van der Waals surface area contributed by atoms with Gasteiger partial charge in [0.15, 0.2) is 0 Å². The summed E-state index contributed by atoms with van der Waals surface area (Å²) in [6.07, 6.45) is -5.86. The van der Waals surface area contributed by atoms with Gasteiger partial charge in [0.1, 0.15) is 5.60 Å². The van der Waals surface area contributed by atoms with E-state index in [1.807, 2.05) is 0 Å². The third-order valence-corrected chi connectivity index (χ3v) is 2.14. The molecule has 8 heteroatoms. The summed E-state index contributed by atoms with van der Waals surface area (Å²) >= 11 is 0. The predicted octanol–water partition coefficient (Wildman–Crippen LogP) is 2.02. The van der Waals surface area contributed by atoms with Crippen LogP contribution in [0.4, 0.5) is 13.2 Å². The summed E-state index contributed by atoms with van der Waals surface area (Å²) in [5.74, 6) is -2.19. The molecule has 0 N–H and O–H groups in total. The zero-order valence-electron chi connectivity index (χ0n) is 10.2. The van der Waals surface area contributed by atoms with Crippen LogP contribution in [0.5, 0.6) is 0 Å². The monoisotopic (exact) mass is 266 g/mol. The van der Waals surface area contributed by atoms with E-state index in [1.165, 1.54) is 0 Å². The number of Topliss-reactive ketones (excluding diaryl/α,β-unsaturated/α-hetero) is 1. The van der Waals surface area contributed by atoms with E-state index < -0.39 is 24.0 Å². The lowest BCUT2D eigenvalue weighted by molar-refractivity contribution is -0.170. The number of aromatic nitrogens is 2. The van der Waals surface area contributed by atoms with Crippen molar-refractivity contribution in [1.29, 1.82) is 0 Å². The molecular formula is C10H13F3N2O3. The molecule has 1 aromatic rings. The second kappa shape index (κ2) is 5.05. The molecule has 0 radical (unpaired) electrons. The summed E-state index contributed by atoms with van der Waals surface area (Å²) in [5.41, 5.74) is -0.877. The number of halogens is 3. The van der Waals surface area contributed by atoms with Gasteiger partial charge in [-0.15, -0.1) is 0 Å². The maximum atomic E-state index is 12.0. The van der Waals surface area contributed by atoms with E-state index in [2.05, 4.69) is 14.7 Å². The molecule has 0 amide bonds. The molecule has 1 rings (SSSR count). The first kappa shape index (κ1) is 14.6. The van der Waals surface area contributed by atoms with Gasteiger partial charge in [0.2, 0.25) is 17.5 Å². The van der Waals surface area contributed by atoms with Crippen LogP contribution in [0.3, 0.4) is 0 Å². The van der Waals surface area contributed by atoms with Crippen molar-refractivity contribution in [1.82, 2.24) is 10.1 Å². The predicted molar refractivity (Wildman–Crippen MR) is 53.7 cm³/mol. The Morgan fingerprint density at radius 2 is 2.00 bits per heavy atom.